The Bertz CT molecular complexity index is 701. The third-order valence-corrected chi connectivity index (χ3v) is 5.08. The van der Waals surface area contributed by atoms with Crippen LogP contribution < -0.4 is 5.32 Å². The molecule has 0 radical (unpaired) electrons. The second-order valence-corrected chi connectivity index (χ2v) is 6.59. The number of hydrogen-bond acceptors (Lipinski definition) is 4. The van der Waals surface area contributed by atoms with Crippen LogP contribution in [0.3, 0.4) is 0 Å². The lowest BCUT2D eigenvalue weighted by Crippen LogP contribution is -2.57. The highest BCUT2D eigenvalue weighted by Gasteiger charge is 2.34. The minimum absolute atomic E-state index is 0.106. The molecular weight excluding hydrogens is 278 g/mol. The predicted octanol–water partition coefficient (Wildman–Crippen LogP) is 1.89. The summed E-state index contributed by atoms with van der Waals surface area (Å²) in [6.45, 7) is 5.32. The summed E-state index contributed by atoms with van der Waals surface area (Å²) in [6.07, 6.45) is 2.83. The number of aromatic nitrogens is 1. The number of amides is 1. The molecule has 3 saturated heterocycles. The summed E-state index contributed by atoms with van der Waals surface area (Å²) in [5.74, 6) is 0.766. The van der Waals surface area contributed by atoms with E-state index in [1.165, 1.54) is 25.9 Å². The first-order valence-corrected chi connectivity index (χ1v) is 8.06. The summed E-state index contributed by atoms with van der Waals surface area (Å²) >= 11 is 0. The van der Waals surface area contributed by atoms with Crippen LogP contribution in [0.5, 0.6) is 0 Å². The van der Waals surface area contributed by atoms with Crippen molar-refractivity contribution in [1.82, 2.24) is 15.4 Å². The van der Waals surface area contributed by atoms with Crippen molar-refractivity contribution in [2.45, 2.75) is 32.2 Å². The lowest BCUT2D eigenvalue weighted by atomic mass is 9.84. The van der Waals surface area contributed by atoms with Crippen LogP contribution >= 0.6 is 0 Å². The predicted molar refractivity (Wildman–Crippen MR) is 83.5 cm³/mol. The van der Waals surface area contributed by atoms with Crippen LogP contribution in [0.1, 0.15) is 24.1 Å². The Balaban J connectivity index is 1.42. The fourth-order valence-corrected chi connectivity index (χ4v) is 3.79. The highest BCUT2D eigenvalue weighted by molar-refractivity contribution is 5.83. The Labute approximate surface area is 129 Å². The van der Waals surface area contributed by atoms with Gasteiger partial charge in [0.1, 0.15) is 0 Å². The van der Waals surface area contributed by atoms with Crippen LogP contribution in [-0.4, -0.2) is 41.6 Å². The molecule has 116 valence electrons. The van der Waals surface area contributed by atoms with Gasteiger partial charge in [0.05, 0.1) is 12.1 Å². The molecule has 1 amide bonds. The van der Waals surface area contributed by atoms with Crippen molar-refractivity contribution >= 4 is 16.9 Å². The maximum absolute atomic E-state index is 12.3. The van der Waals surface area contributed by atoms with Crippen LogP contribution in [0, 0.1) is 12.8 Å². The maximum atomic E-state index is 12.3. The molecule has 5 rings (SSSR count). The molecule has 2 aromatic rings. The third-order valence-electron chi connectivity index (χ3n) is 5.08. The van der Waals surface area contributed by atoms with E-state index >= 15 is 0 Å². The summed E-state index contributed by atoms with van der Waals surface area (Å²) in [5.41, 5.74) is 2.62. The molecule has 1 N–H and O–H groups in total. The molecule has 3 aliphatic heterocycles. The molecule has 0 spiro atoms. The SMILES string of the molecule is Cc1noc2cc(CC(=O)N[C@H]3CN4CCC3CC4)ccc12. The molecule has 3 fully saturated rings. The number of carbonyl (C=O) groups excluding carboxylic acids is 1. The van der Waals surface area contributed by atoms with Gasteiger partial charge in [-0.3, -0.25) is 4.79 Å². The minimum atomic E-state index is 0.106. The smallest absolute Gasteiger partial charge is 0.224 e. The second kappa shape index (κ2) is 5.39. The Morgan fingerprint density at radius 3 is 2.95 bits per heavy atom. The van der Waals surface area contributed by atoms with E-state index in [4.69, 9.17) is 4.52 Å². The minimum Gasteiger partial charge on any atom is -0.356 e. The quantitative estimate of drug-likeness (QED) is 0.940. The molecule has 1 aromatic carbocycles. The van der Waals surface area contributed by atoms with Crippen molar-refractivity contribution in [3.63, 3.8) is 0 Å². The fourth-order valence-electron chi connectivity index (χ4n) is 3.79. The summed E-state index contributed by atoms with van der Waals surface area (Å²) < 4.78 is 5.27. The highest BCUT2D eigenvalue weighted by atomic mass is 16.5. The van der Waals surface area contributed by atoms with Gasteiger partial charge in [0.25, 0.3) is 0 Å². The molecular formula is C17H21N3O2. The molecule has 3 aliphatic rings. The molecule has 0 saturated carbocycles. The monoisotopic (exact) mass is 299 g/mol. The molecule has 5 heteroatoms. The molecule has 4 heterocycles. The second-order valence-electron chi connectivity index (χ2n) is 6.59. The van der Waals surface area contributed by atoms with Crippen LogP contribution in [0.25, 0.3) is 11.0 Å². The van der Waals surface area contributed by atoms with Crippen molar-refractivity contribution in [3.05, 3.63) is 29.5 Å². The highest BCUT2D eigenvalue weighted by Crippen LogP contribution is 2.27. The first-order valence-electron chi connectivity index (χ1n) is 8.06. The van der Waals surface area contributed by atoms with Crippen LogP contribution in [0.15, 0.2) is 22.7 Å². The van der Waals surface area contributed by atoms with Gasteiger partial charge in [-0.1, -0.05) is 11.2 Å². The number of piperidine rings is 3. The summed E-state index contributed by atoms with van der Waals surface area (Å²) in [5, 5.41) is 8.19. The molecule has 2 bridgehead atoms. The van der Waals surface area contributed by atoms with Crippen molar-refractivity contribution in [1.29, 1.82) is 0 Å². The lowest BCUT2D eigenvalue weighted by molar-refractivity contribution is -0.122. The number of hydrogen-bond donors (Lipinski definition) is 1. The topological polar surface area (TPSA) is 58.4 Å². The number of rotatable bonds is 3. The van der Waals surface area contributed by atoms with E-state index in [0.29, 0.717) is 18.4 Å². The molecule has 1 aromatic heterocycles. The molecule has 0 aliphatic carbocycles. The average Bonchev–Trinajstić information content (AvgIpc) is 2.89. The van der Waals surface area contributed by atoms with Gasteiger partial charge in [0.15, 0.2) is 5.58 Å². The van der Waals surface area contributed by atoms with Crippen LogP contribution in [0.4, 0.5) is 0 Å². The zero-order chi connectivity index (χ0) is 15.1. The number of benzene rings is 1. The molecule has 0 unspecified atom stereocenters. The van der Waals surface area contributed by atoms with E-state index in [2.05, 4.69) is 15.4 Å². The fraction of sp³-hybridized carbons (Fsp3) is 0.529. The normalized spacial score (nSPS) is 27.2. The Kier molecular flexibility index (Phi) is 3.37. The number of fused-ring (bicyclic) bond motifs is 4. The van der Waals surface area contributed by atoms with Crippen molar-refractivity contribution < 1.29 is 9.32 Å². The van der Waals surface area contributed by atoms with Crippen LogP contribution in [0.2, 0.25) is 0 Å². The molecule has 22 heavy (non-hydrogen) atoms. The van der Waals surface area contributed by atoms with Gasteiger partial charge in [-0.05, 0) is 56.5 Å². The van der Waals surface area contributed by atoms with Gasteiger partial charge in [-0.25, -0.2) is 0 Å². The first kappa shape index (κ1) is 13.8. The standard InChI is InChI=1S/C17H21N3O2/c1-11-14-3-2-12(8-16(14)22-19-11)9-17(21)18-15-10-20-6-4-13(15)5-7-20/h2-3,8,13,15H,4-7,9-10H2,1H3,(H,18,21)/t15-/m0/s1. The maximum Gasteiger partial charge on any atom is 0.224 e. The van der Waals surface area contributed by atoms with Gasteiger partial charge >= 0.3 is 0 Å². The van der Waals surface area contributed by atoms with E-state index in [9.17, 15) is 4.79 Å². The Morgan fingerprint density at radius 1 is 1.41 bits per heavy atom. The van der Waals surface area contributed by atoms with Gasteiger partial charge in [0, 0.05) is 18.0 Å². The van der Waals surface area contributed by atoms with Gasteiger partial charge in [-0.15, -0.1) is 0 Å². The van der Waals surface area contributed by atoms with E-state index in [-0.39, 0.29) is 5.91 Å². The van der Waals surface area contributed by atoms with E-state index in [1.807, 2.05) is 25.1 Å². The Morgan fingerprint density at radius 2 is 2.23 bits per heavy atom. The largest absolute Gasteiger partial charge is 0.356 e. The van der Waals surface area contributed by atoms with E-state index in [1.54, 1.807) is 0 Å². The van der Waals surface area contributed by atoms with Gasteiger partial charge < -0.3 is 14.7 Å². The number of nitrogens with one attached hydrogen (secondary N) is 1. The van der Waals surface area contributed by atoms with Crippen molar-refractivity contribution in [3.8, 4) is 0 Å². The van der Waals surface area contributed by atoms with Gasteiger partial charge in [-0.2, -0.15) is 0 Å². The van der Waals surface area contributed by atoms with Crippen LogP contribution in [-0.2, 0) is 11.2 Å². The number of carbonyl (C=O) groups is 1. The van der Waals surface area contributed by atoms with Crippen molar-refractivity contribution in [2.75, 3.05) is 19.6 Å². The lowest BCUT2D eigenvalue weighted by Gasteiger charge is -2.44. The van der Waals surface area contributed by atoms with Crippen molar-refractivity contribution in [2.24, 2.45) is 5.92 Å². The van der Waals surface area contributed by atoms with E-state index < -0.39 is 0 Å². The van der Waals surface area contributed by atoms with Gasteiger partial charge in [0.2, 0.25) is 5.91 Å². The zero-order valence-electron chi connectivity index (χ0n) is 12.8. The third kappa shape index (κ3) is 2.50. The number of aryl methyl sites for hydroxylation is 1. The first-order chi connectivity index (χ1) is 10.7. The average molecular weight is 299 g/mol. The summed E-state index contributed by atoms with van der Waals surface area (Å²) in [4.78, 5) is 14.8. The zero-order valence-corrected chi connectivity index (χ0v) is 12.8. The van der Waals surface area contributed by atoms with E-state index in [0.717, 1.165) is 28.8 Å². The Hall–Kier alpha value is -1.88. The number of nitrogens with zero attached hydrogens (tertiary/aromatic N) is 2. The molecule has 1 atom stereocenters. The molecule has 5 nitrogen and oxygen atoms in total. The summed E-state index contributed by atoms with van der Waals surface area (Å²) in [7, 11) is 0. The summed E-state index contributed by atoms with van der Waals surface area (Å²) in [6, 6.07) is 6.22.